The Hall–Kier alpha value is -4.05. The normalized spacial score (nSPS) is 12.5. The molecule has 0 aliphatic heterocycles. The lowest BCUT2D eigenvalue weighted by atomic mass is 10.1. The summed E-state index contributed by atoms with van der Waals surface area (Å²) < 4.78 is 2.74. The standard InChI is InChI=1S/C20H19N7O3/c1-26-17-16(18(29)24-20(26)30)27(12-15(28)14-7-3-2-4-8-14)19(23-17)25-22-11-13-6-5-9-21-10-13/h2-11,15,28H,12H2,1H3,(H,23,25)(H,24,29,30)/b22-11+. The van der Waals surface area contributed by atoms with Gasteiger partial charge in [0.25, 0.3) is 5.56 Å². The molecule has 1 atom stereocenters. The SMILES string of the molecule is Cn1c(=O)[nH]c(=O)c2c1nc(N/N=C/c1cccnc1)n2CC(O)c1ccccc1. The monoisotopic (exact) mass is 405 g/mol. The molecule has 0 saturated carbocycles. The second kappa shape index (κ2) is 8.13. The smallest absolute Gasteiger partial charge is 0.329 e. The molecule has 0 bridgehead atoms. The first-order chi connectivity index (χ1) is 14.5. The number of aromatic amines is 1. The van der Waals surface area contributed by atoms with Gasteiger partial charge in [0.2, 0.25) is 5.95 Å². The average Bonchev–Trinajstić information content (AvgIpc) is 3.12. The topological polar surface area (TPSA) is 130 Å². The van der Waals surface area contributed by atoms with Crippen LogP contribution in [0.25, 0.3) is 11.2 Å². The number of rotatable bonds is 6. The van der Waals surface area contributed by atoms with Crippen LogP contribution >= 0.6 is 0 Å². The van der Waals surface area contributed by atoms with Gasteiger partial charge in [0.15, 0.2) is 11.2 Å². The molecule has 0 spiro atoms. The van der Waals surface area contributed by atoms with Crippen LogP contribution in [0.5, 0.6) is 0 Å². The van der Waals surface area contributed by atoms with E-state index in [2.05, 4.69) is 25.5 Å². The molecule has 0 saturated heterocycles. The first-order valence-electron chi connectivity index (χ1n) is 9.16. The molecule has 1 aromatic carbocycles. The van der Waals surface area contributed by atoms with Crippen molar-refractivity contribution in [2.45, 2.75) is 12.6 Å². The number of nitrogens with one attached hydrogen (secondary N) is 2. The Labute approximate surface area is 170 Å². The van der Waals surface area contributed by atoms with E-state index in [0.717, 1.165) is 5.56 Å². The van der Waals surface area contributed by atoms with E-state index < -0.39 is 17.4 Å². The fourth-order valence-electron chi connectivity index (χ4n) is 3.07. The first kappa shape index (κ1) is 19.3. The van der Waals surface area contributed by atoms with Crippen LogP contribution in [0, 0.1) is 0 Å². The number of anilines is 1. The average molecular weight is 405 g/mol. The van der Waals surface area contributed by atoms with Gasteiger partial charge >= 0.3 is 5.69 Å². The molecule has 1 unspecified atom stereocenters. The third-order valence-corrected chi connectivity index (χ3v) is 4.61. The van der Waals surface area contributed by atoms with Gasteiger partial charge < -0.3 is 5.11 Å². The van der Waals surface area contributed by atoms with Crippen molar-refractivity contribution in [3.63, 3.8) is 0 Å². The number of nitrogens with zero attached hydrogens (tertiary/aromatic N) is 5. The Morgan fingerprint density at radius 2 is 2.03 bits per heavy atom. The van der Waals surface area contributed by atoms with Crippen LogP contribution in [0.15, 0.2) is 69.5 Å². The summed E-state index contributed by atoms with van der Waals surface area (Å²) in [4.78, 5) is 35.1. The number of aromatic nitrogens is 5. The second-order valence-corrected chi connectivity index (χ2v) is 6.62. The number of hydrogen-bond donors (Lipinski definition) is 3. The quantitative estimate of drug-likeness (QED) is 0.324. The minimum atomic E-state index is -0.900. The van der Waals surface area contributed by atoms with E-state index in [1.807, 2.05) is 24.3 Å². The highest BCUT2D eigenvalue weighted by molar-refractivity contribution is 5.80. The summed E-state index contributed by atoms with van der Waals surface area (Å²) in [7, 11) is 1.51. The molecular formula is C20H19N7O3. The van der Waals surface area contributed by atoms with E-state index in [-0.39, 0.29) is 23.7 Å². The van der Waals surface area contributed by atoms with E-state index in [0.29, 0.717) is 5.56 Å². The number of hydrazone groups is 1. The lowest BCUT2D eigenvalue weighted by Crippen LogP contribution is -2.29. The van der Waals surface area contributed by atoms with Crippen molar-refractivity contribution in [3.05, 3.63) is 86.8 Å². The zero-order valence-electron chi connectivity index (χ0n) is 16.1. The molecule has 30 heavy (non-hydrogen) atoms. The number of benzene rings is 1. The Morgan fingerprint density at radius 3 is 2.77 bits per heavy atom. The Morgan fingerprint density at radius 1 is 1.23 bits per heavy atom. The maximum Gasteiger partial charge on any atom is 0.329 e. The molecule has 0 aliphatic rings. The maximum atomic E-state index is 12.5. The highest BCUT2D eigenvalue weighted by Gasteiger charge is 2.20. The van der Waals surface area contributed by atoms with E-state index in [9.17, 15) is 14.7 Å². The summed E-state index contributed by atoms with van der Waals surface area (Å²) in [5, 5.41) is 14.8. The summed E-state index contributed by atoms with van der Waals surface area (Å²) in [5.74, 6) is 0.215. The van der Waals surface area contributed by atoms with Gasteiger partial charge in [-0.05, 0) is 11.6 Å². The van der Waals surface area contributed by atoms with Crippen LogP contribution in [-0.4, -0.2) is 35.4 Å². The number of aliphatic hydroxyl groups excluding tert-OH is 1. The minimum absolute atomic E-state index is 0.0343. The number of aryl methyl sites for hydroxylation is 1. The summed E-state index contributed by atoms with van der Waals surface area (Å²) in [6.07, 6.45) is 3.94. The highest BCUT2D eigenvalue weighted by atomic mass is 16.3. The van der Waals surface area contributed by atoms with Gasteiger partial charge in [-0.15, -0.1) is 0 Å². The fraction of sp³-hybridized carbons (Fsp3) is 0.150. The molecule has 0 amide bonds. The number of hydrogen-bond acceptors (Lipinski definition) is 7. The Balaban J connectivity index is 1.76. The molecule has 4 rings (SSSR count). The largest absolute Gasteiger partial charge is 0.387 e. The van der Waals surface area contributed by atoms with Crippen molar-refractivity contribution in [1.82, 2.24) is 24.1 Å². The summed E-state index contributed by atoms with van der Waals surface area (Å²) in [6, 6.07) is 12.7. The molecule has 10 nitrogen and oxygen atoms in total. The zero-order chi connectivity index (χ0) is 21.1. The molecule has 3 N–H and O–H groups in total. The van der Waals surface area contributed by atoms with Crippen LogP contribution in [0.3, 0.4) is 0 Å². The van der Waals surface area contributed by atoms with Crippen molar-refractivity contribution in [2.75, 3.05) is 5.43 Å². The van der Waals surface area contributed by atoms with Crippen LogP contribution < -0.4 is 16.7 Å². The molecule has 0 radical (unpaired) electrons. The lowest BCUT2D eigenvalue weighted by Gasteiger charge is -2.14. The molecule has 0 aliphatic carbocycles. The number of H-pyrrole nitrogens is 1. The van der Waals surface area contributed by atoms with Crippen LogP contribution in [-0.2, 0) is 13.6 Å². The molecule has 10 heteroatoms. The van der Waals surface area contributed by atoms with Gasteiger partial charge in [-0.2, -0.15) is 10.1 Å². The van der Waals surface area contributed by atoms with E-state index in [1.165, 1.54) is 16.2 Å². The number of aliphatic hydroxyl groups is 1. The molecule has 0 fully saturated rings. The first-order valence-corrected chi connectivity index (χ1v) is 9.16. The third kappa shape index (κ3) is 3.76. The van der Waals surface area contributed by atoms with Gasteiger partial charge in [0, 0.05) is 25.0 Å². The number of pyridine rings is 1. The van der Waals surface area contributed by atoms with Crippen molar-refractivity contribution in [2.24, 2.45) is 12.1 Å². The van der Waals surface area contributed by atoms with Crippen molar-refractivity contribution >= 4 is 23.3 Å². The molecule has 3 heterocycles. The van der Waals surface area contributed by atoms with Crippen molar-refractivity contribution < 1.29 is 5.11 Å². The predicted molar refractivity (Wildman–Crippen MR) is 112 cm³/mol. The van der Waals surface area contributed by atoms with Crippen molar-refractivity contribution in [1.29, 1.82) is 0 Å². The molecular weight excluding hydrogens is 386 g/mol. The predicted octanol–water partition coefficient (Wildman–Crippen LogP) is 0.998. The highest BCUT2D eigenvalue weighted by Crippen LogP contribution is 2.21. The van der Waals surface area contributed by atoms with Gasteiger partial charge in [0.1, 0.15) is 0 Å². The van der Waals surface area contributed by atoms with E-state index >= 15 is 0 Å². The zero-order valence-corrected chi connectivity index (χ0v) is 16.1. The Kier molecular flexibility index (Phi) is 5.22. The summed E-state index contributed by atoms with van der Waals surface area (Å²) in [6.45, 7) is 0.0343. The van der Waals surface area contributed by atoms with Crippen LogP contribution in [0.1, 0.15) is 17.2 Å². The third-order valence-electron chi connectivity index (χ3n) is 4.61. The second-order valence-electron chi connectivity index (χ2n) is 6.62. The number of imidazole rings is 1. The van der Waals surface area contributed by atoms with Gasteiger partial charge in [-0.25, -0.2) is 10.2 Å². The molecule has 152 valence electrons. The fourth-order valence-corrected chi connectivity index (χ4v) is 3.07. The number of fused-ring (bicyclic) bond motifs is 1. The van der Waals surface area contributed by atoms with Gasteiger partial charge in [-0.1, -0.05) is 36.4 Å². The van der Waals surface area contributed by atoms with E-state index in [4.69, 9.17) is 0 Å². The maximum absolute atomic E-state index is 12.5. The van der Waals surface area contributed by atoms with Crippen molar-refractivity contribution in [3.8, 4) is 0 Å². The van der Waals surface area contributed by atoms with E-state index in [1.54, 1.807) is 36.8 Å². The molecule has 3 aromatic heterocycles. The minimum Gasteiger partial charge on any atom is -0.387 e. The summed E-state index contributed by atoms with van der Waals surface area (Å²) in [5.41, 5.74) is 3.42. The van der Waals surface area contributed by atoms with Gasteiger partial charge in [-0.3, -0.25) is 23.9 Å². The summed E-state index contributed by atoms with van der Waals surface area (Å²) >= 11 is 0. The Bertz CT molecular complexity index is 1310. The van der Waals surface area contributed by atoms with Gasteiger partial charge in [0.05, 0.1) is 18.9 Å². The molecule has 4 aromatic rings. The lowest BCUT2D eigenvalue weighted by molar-refractivity contribution is 0.158. The van der Waals surface area contributed by atoms with Crippen LogP contribution in [0.4, 0.5) is 5.95 Å². The van der Waals surface area contributed by atoms with Crippen LogP contribution in [0.2, 0.25) is 0 Å².